The second kappa shape index (κ2) is 69.0. The molecule has 0 bridgehead atoms. The van der Waals surface area contributed by atoms with Gasteiger partial charge in [0.15, 0.2) is 6.10 Å². The van der Waals surface area contributed by atoms with Crippen LogP contribution in [0, 0.1) is 0 Å². The highest BCUT2D eigenvalue weighted by Gasteiger charge is 2.19. The fraction of sp³-hybridized carbons (Fsp3) is 0.671. The molecule has 0 aromatic carbocycles. The molecule has 82 heavy (non-hydrogen) atoms. The van der Waals surface area contributed by atoms with Crippen molar-refractivity contribution in [1.29, 1.82) is 0 Å². The lowest BCUT2D eigenvalue weighted by Crippen LogP contribution is -2.30. The van der Waals surface area contributed by atoms with E-state index in [0.29, 0.717) is 19.3 Å². The lowest BCUT2D eigenvalue weighted by atomic mass is 10.0. The van der Waals surface area contributed by atoms with Crippen LogP contribution in [0.5, 0.6) is 0 Å². The summed E-state index contributed by atoms with van der Waals surface area (Å²) >= 11 is 0. The van der Waals surface area contributed by atoms with Gasteiger partial charge in [-0.2, -0.15) is 0 Å². The molecule has 0 aliphatic rings. The minimum Gasteiger partial charge on any atom is -0.462 e. The van der Waals surface area contributed by atoms with Crippen LogP contribution in [0.15, 0.2) is 134 Å². The lowest BCUT2D eigenvalue weighted by molar-refractivity contribution is -0.167. The monoisotopic (exact) mass is 1130 g/mol. The largest absolute Gasteiger partial charge is 0.462 e. The van der Waals surface area contributed by atoms with Crippen molar-refractivity contribution in [2.45, 2.75) is 316 Å². The van der Waals surface area contributed by atoms with Crippen molar-refractivity contribution < 1.29 is 28.6 Å². The Morgan fingerprint density at radius 1 is 0.256 bits per heavy atom. The van der Waals surface area contributed by atoms with Crippen molar-refractivity contribution in [2.75, 3.05) is 13.2 Å². The zero-order chi connectivity index (χ0) is 59.2. The molecule has 0 aromatic heterocycles. The minimum absolute atomic E-state index is 0.0976. The molecule has 6 heteroatoms. The van der Waals surface area contributed by atoms with Gasteiger partial charge < -0.3 is 14.2 Å². The number of hydrogen-bond donors (Lipinski definition) is 0. The second-order valence-electron chi connectivity index (χ2n) is 22.3. The molecular weight excluding hydrogens is 1010 g/mol. The van der Waals surface area contributed by atoms with Crippen molar-refractivity contribution in [3.05, 3.63) is 134 Å². The maximum absolute atomic E-state index is 13.0. The first-order valence-corrected chi connectivity index (χ1v) is 34.2. The zero-order valence-electron chi connectivity index (χ0n) is 53.5. The van der Waals surface area contributed by atoms with Crippen LogP contribution in [0.2, 0.25) is 0 Å². The molecule has 0 aliphatic carbocycles. The maximum Gasteiger partial charge on any atom is 0.306 e. The smallest absolute Gasteiger partial charge is 0.306 e. The van der Waals surface area contributed by atoms with Gasteiger partial charge >= 0.3 is 17.9 Å². The quantitative estimate of drug-likeness (QED) is 0.0261. The number of hydrogen-bond acceptors (Lipinski definition) is 6. The third-order valence-corrected chi connectivity index (χ3v) is 14.4. The Hall–Kier alpha value is -4.45. The SMILES string of the molecule is CC/C=C\C/C=C\C/C=C\C/C=C\C/C=C\C/C=C\C/C=C\CCCCCC(=O)OCC(COC(=O)CCCCCCC/C=C\CCCCCCC)OC(=O)CCCCCCCCCCCC/C=C\C/C=C\C/C=C\CCCCCCC. The molecule has 0 radical (unpaired) electrons. The van der Waals surface area contributed by atoms with E-state index in [-0.39, 0.29) is 31.1 Å². The van der Waals surface area contributed by atoms with Gasteiger partial charge in [0.1, 0.15) is 13.2 Å². The molecule has 0 saturated carbocycles. The molecule has 466 valence electrons. The van der Waals surface area contributed by atoms with Gasteiger partial charge in [0.25, 0.3) is 0 Å². The maximum atomic E-state index is 13.0. The van der Waals surface area contributed by atoms with Gasteiger partial charge in [0.2, 0.25) is 0 Å². The number of allylic oxidation sites excluding steroid dienone is 22. The van der Waals surface area contributed by atoms with Gasteiger partial charge in [-0.3, -0.25) is 14.4 Å². The van der Waals surface area contributed by atoms with Crippen molar-refractivity contribution in [3.63, 3.8) is 0 Å². The Balaban J connectivity index is 4.43. The molecule has 0 fully saturated rings. The molecule has 0 spiro atoms. The zero-order valence-corrected chi connectivity index (χ0v) is 53.5. The molecule has 0 saturated heterocycles. The summed E-state index contributed by atoms with van der Waals surface area (Å²) in [5.74, 6) is -0.938. The third-order valence-electron chi connectivity index (χ3n) is 14.4. The summed E-state index contributed by atoms with van der Waals surface area (Å²) in [6.45, 7) is 6.48. The van der Waals surface area contributed by atoms with Crippen LogP contribution in [0.25, 0.3) is 0 Å². The van der Waals surface area contributed by atoms with E-state index < -0.39 is 6.10 Å². The summed E-state index contributed by atoms with van der Waals surface area (Å²) in [5.41, 5.74) is 0. The average Bonchev–Trinajstić information content (AvgIpc) is 3.47. The normalized spacial score (nSPS) is 13.0. The molecule has 1 atom stereocenters. The number of unbranched alkanes of at least 4 members (excludes halogenated alkanes) is 28. The van der Waals surface area contributed by atoms with Crippen LogP contribution in [-0.2, 0) is 28.6 Å². The van der Waals surface area contributed by atoms with E-state index in [0.717, 1.165) is 135 Å². The predicted molar refractivity (Wildman–Crippen MR) is 357 cm³/mol. The molecule has 0 N–H and O–H groups in total. The summed E-state index contributed by atoms with van der Waals surface area (Å²) in [6.07, 6.45) is 97.5. The van der Waals surface area contributed by atoms with E-state index >= 15 is 0 Å². The first-order valence-electron chi connectivity index (χ1n) is 34.2. The van der Waals surface area contributed by atoms with E-state index in [1.165, 1.54) is 135 Å². The van der Waals surface area contributed by atoms with E-state index in [1.807, 2.05) is 0 Å². The highest BCUT2D eigenvalue weighted by molar-refractivity contribution is 5.71. The van der Waals surface area contributed by atoms with Crippen LogP contribution in [0.4, 0.5) is 0 Å². The van der Waals surface area contributed by atoms with Gasteiger partial charge in [-0.1, -0.05) is 283 Å². The van der Waals surface area contributed by atoms with Crippen molar-refractivity contribution in [1.82, 2.24) is 0 Å². The van der Waals surface area contributed by atoms with Gasteiger partial charge in [-0.25, -0.2) is 0 Å². The van der Waals surface area contributed by atoms with E-state index in [1.54, 1.807) is 0 Å². The Morgan fingerprint density at radius 2 is 0.476 bits per heavy atom. The van der Waals surface area contributed by atoms with Gasteiger partial charge in [-0.05, 0) is 141 Å². The molecule has 0 aliphatic heterocycles. The van der Waals surface area contributed by atoms with Crippen LogP contribution >= 0.6 is 0 Å². The number of carbonyl (C=O) groups excluding carboxylic acids is 3. The van der Waals surface area contributed by atoms with E-state index in [9.17, 15) is 14.4 Å². The number of esters is 3. The van der Waals surface area contributed by atoms with Crippen molar-refractivity contribution in [3.8, 4) is 0 Å². The number of ether oxygens (including phenoxy) is 3. The minimum atomic E-state index is -0.804. The van der Waals surface area contributed by atoms with Gasteiger partial charge in [0.05, 0.1) is 0 Å². The molecule has 6 nitrogen and oxygen atoms in total. The fourth-order valence-corrected chi connectivity index (χ4v) is 9.25. The molecule has 0 aromatic rings. The highest BCUT2D eigenvalue weighted by Crippen LogP contribution is 2.15. The summed E-state index contributed by atoms with van der Waals surface area (Å²) in [6, 6.07) is 0. The van der Waals surface area contributed by atoms with Crippen LogP contribution < -0.4 is 0 Å². The summed E-state index contributed by atoms with van der Waals surface area (Å²) in [7, 11) is 0. The van der Waals surface area contributed by atoms with E-state index in [4.69, 9.17) is 14.2 Å². The Labute approximate surface area is 506 Å². The molecular formula is C76H126O6. The fourth-order valence-electron chi connectivity index (χ4n) is 9.25. The van der Waals surface area contributed by atoms with Gasteiger partial charge in [0, 0.05) is 19.3 Å². The standard InChI is InChI=1S/C76H126O6/c1-4-7-10-13-16-19-22-25-28-30-32-34-36-38-40-42-44-46-48-51-54-57-60-63-66-69-75(78)81-72-73(71-80-74(77)68-65-62-59-56-53-50-27-24-21-18-15-12-9-6-3)82-76(79)70-67-64-61-58-55-52-49-47-45-43-41-39-37-35-33-31-29-26-23-20-17-14-11-8-5-2/h7,10,16,19,23-28,31-34,37-40,44,46,51,54,73H,4-6,8-9,11-15,17-18,20-22,29-30,35-36,41-43,45,47-50,52-53,55-72H2,1-3H3/b10-7-,19-16-,26-23-,27-24-,28-25-,33-31-,34-32-,39-37-,40-38-,46-44-,54-51-. The first kappa shape index (κ1) is 77.5. The molecule has 0 amide bonds. The predicted octanol–water partition coefficient (Wildman–Crippen LogP) is 23.7. The van der Waals surface area contributed by atoms with Crippen molar-refractivity contribution >= 4 is 17.9 Å². The summed E-state index contributed by atoms with van der Waals surface area (Å²) in [4.78, 5) is 38.4. The Kier molecular flexibility index (Phi) is 65.3. The molecule has 0 rings (SSSR count). The molecule has 0 heterocycles. The first-order chi connectivity index (χ1) is 40.5. The summed E-state index contributed by atoms with van der Waals surface area (Å²) in [5, 5.41) is 0. The topological polar surface area (TPSA) is 78.9 Å². The number of rotatable bonds is 61. The lowest BCUT2D eigenvalue weighted by Gasteiger charge is -2.18. The van der Waals surface area contributed by atoms with Crippen LogP contribution in [0.3, 0.4) is 0 Å². The van der Waals surface area contributed by atoms with Crippen molar-refractivity contribution in [2.24, 2.45) is 0 Å². The average molecular weight is 1140 g/mol. The number of carbonyl (C=O) groups is 3. The van der Waals surface area contributed by atoms with Gasteiger partial charge in [-0.15, -0.1) is 0 Å². The highest BCUT2D eigenvalue weighted by atomic mass is 16.6. The Morgan fingerprint density at radius 3 is 0.768 bits per heavy atom. The van der Waals surface area contributed by atoms with Crippen LogP contribution in [0.1, 0.15) is 310 Å². The van der Waals surface area contributed by atoms with E-state index in [2.05, 4.69) is 154 Å². The summed E-state index contributed by atoms with van der Waals surface area (Å²) < 4.78 is 16.9. The molecule has 1 unspecified atom stereocenters. The Bertz CT molecular complexity index is 1730. The third kappa shape index (κ3) is 66.4. The second-order valence-corrected chi connectivity index (χ2v) is 22.3. The van der Waals surface area contributed by atoms with Crippen LogP contribution in [-0.4, -0.2) is 37.2 Å².